The number of amides is 1. The molecule has 0 fully saturated rings. The van der Waals surface area contributed by atoms with Crippen LogP contribution in [0.4, 0.5) is 0 Å². The van der Waals surface area contributed by atoms with Gasteiger partial charge < -0.3 is 9.47 Å². The van der Waals surface area contributed by atoms with Crippen molar-refractivity contribution in [2.45, 2.75) is 17.6 Å². The Balaban J connectivity index is 1.46. The molecule has 0 unspecified atom stereocenters. The summed E-state index contributed by atoms with van der Waals surface area (Å²) in [4.78, 5) is 16.2. The normalized spacial score (nSPS) is 11.1. The molecule has 0 aliphatic rings. The van der Waals surface area contributed by atoms with Crippen molar-refractivity contribution in [3.05, 3.63) is 100 Å². The van der Waals surface area contributed by atoms with Gasteiger partial charge in [-0.25, -0.2) is 0 Å². The van der Waals surface area contributed by atoms with Gasteiger partial charge in [-0.3, -0.25) is 4.79 Å². The number of benzene rings is 2. The van der Waals surface area contributed by atoms with Gasteiger partial charge in [0.1, 0.15) is 5.82 Å². The number of rotatable bonds is 8. The fraction of sp³-hybridized carbons (Fsp3) is 0.208. The second kappa shape index (κ2) is 9.94. The minimum absolute atomic E-state index is 0.0468. The third-order valence-corrected chi connectivity index (χ3v) is 7.05. The monoisotopic (exact) mass is 448 g/mol. The zero-order valence-corrected chi connectivity index (χ0v) is 19.1. The van der Waals surface area contributed by atoms with E-state index in [0.717, 1.165) is 28.5 Å². The van der Waals surface area contributed by atoms with Gasteiger partial charge in [-0.05, 0) is 22.6 Å². The Bertz CT molecular complexity index is 1070. The average Bonchev–Trinajstić information content (AvgIpc) is 3.44. The lowest BCUT2D eigenvalue weighted by Crippen LogP contribution is -2.33. The zero-order valence-electron chi connectivity index (χ0n) is 17.5. The van der Waals surface area contributed by atoms with E-state index in [9.17, 15) is 4.79 Å². The number of hydrogen-bond acceptors (Lipinski definition) is 5. The molecule has 2 heterocycles. The number of carbonyl (C=O) groups excluding carboxylic acids is 1. The molecule has 2 aromatic carbocycles. The van der Waals surface area contributed by atoms with Crippen LogP contribution >= 0.6 is 23.1 Å². The van der Waals surface area contributed by atoms with Crippen LogP contribution in [0.1, 0.15) is 27.9 Å². The summed E-state index contributed by atoms with van der Waals surface area (Å²) in [5, 5.41) is 11.4. The maximum atomic E-state index is 13.1. The van der Waals surface area contributed by atoms with Crippen LogP contribution in [0.5, 0.6) is 0 Å². The van der Waals surface area contributed by atoms with Crippen molar-refractivity contribution in [3.8, 4) is 0 Å². The first-order valence-electron chi connectivity index (χ1n) is 10.0. The Kier molecular flexibility index (Phi) is 6.84. The van der Waals surface area contributed by atoms with E-state index in [2.05, 4.69) is 45.9 Å². The Labute approximate surface area is 190 Å². The number of carbonyl (C=O) groups is 1. The maximum absolute atomic E-state index is 13.1. The van der Waals surface area contributed by atoms with Crippen LogP contribution in [-0.2, 0) is 18.3 Å². The summed E-state index contributed by atoms with van der Waals surface area (Å²) in [6, 6.07) is 24.3. The highest BCUT2D eigenvalue weighted by Gasteiger charge is 2.24. The zero-order chi connectivity index (χ0) is 21.6. The molecule has 158 valence electrons. The lowest BCUT2D eigenvalue weighted by atomic mass is 9.97. The highest BCUT2D eigenvalue weighted by Crippen LogP contribution is 2.28. The van der Waals surface area contributed by atoms with E-state index in [1.165, 1.54) is 16.6 Å². The largest absolute Gasteiger partial charge is 0.334 e. The molecule has 1 amide bonds. The van der Waals surface area contributed by atoms with E-state index in [1.807, 2.05) is 66.0 Å². The molecule has 0 radical (unpaired) electrons. The van der Waals surface area contributed by atoms with Gasteiger partial charge in [-0.2, -0.15) is 0 Å². The van der Waals surface area contributed by atoms with Crippen LogP contribution in [-0.4, -0.2) is 38.4 Å². The Morgan fingerprint density at radius 1 is 1.00 bits per heavy atom. The fourth-order valence-corrected chi connectivity index (χ4v) is 5.03. The fourth-order valence-electron chi connectivity index (χ4n) is 3.48. The minimum atomic E-state index is -0.135. The molecular weight excluding hydrogens is 424 g/mol. The molecule has 0 saturated heterocycles. The molecule has 4 rings (SSSR count). The summed E-state index contributed by atoms with van der Waals surface area (Å²) in [7, 11) is 3.82. The summed E-state index contributed by atoms with van der Waals surface area (Å²) in [6.45, 7) is 0. The molecule has 4 aromatic rings. The molecular formula is C24H24N4OS2. The molecule has 2 aromatic heterocycles. The number of hydrogen-bond donors (Lipinski definition) is 0. The molecule has 0 N–H and O–H groups in total. The van der Waals surface area contributed by atoms with Gasteiger partial charge in [0, 0.05) is 25.4 Å². The lowest BCUT2D eigenvalue weighted by Gasteiger charge is -2.29. The summed E-state index contributed by atoms with van der Waals surface area (Å²) < 4.78 is 1.98. The summed E-state index contributed by atoms with van der Waals surface area (Å²) in [5.41, 5.74) is 2.18. The number of nitrogens with zero attached hydrogens (tertiary/aromatic N) is 4. The van der Waals surface area contributed by atoms with Crippen molar-refractivity contribution in [2.75, 3.05) is 12.8 Å². The van der Waals surface area contributed by atoms with Gasteiger partial charge in [0.15, 0.2) is 5.16 Å². The SMILES string of the molecule is CN(C(=O)CSc1nnc(Cc2cccs2)n1C)C(c1ccccc1)c1ccccc1. The van der Waals surface area contributed by atoms with Crippen LogP contribution < -0.4 is 0 Å². The molecule has 0 saturated carbocycles. The molecule has 0 bridgehead atoms. The third-order valence-electron chi connectivity index (χ3n) is 5.17. The van der Waals surface area contributed by atoms with Crippen LogP contribution in [0.15, 0.2) is 83.3 Å². The first-order chi connectivity index (χ1) is 15.1. The topological polar surface area (TPSA) is 51.0 Å². The number of thioether (sulfide) groups is 1. The van der Waals surface area contributed by atoms with E-state index >= 15 is 0 Å². The van der Waals surface area contributed by atoms with Crippen LogP contribution in [0.25, 0.3) is 0 Å². The third kappa shape index (κ3) is 5.06. The summed E-state index contributed by atoms with van der Waals surface area (Å²) in [6.07, 6.45) is 0.750. The highest BCUT2D eigenvalue weighted by atomic mass is 32.2. The minimum Gasteiger partial charge on any atom is -0.334 e. The number of thiophene rings is 1. The van der Waals surface area contributed by atoms with E-state index in [1.54, 1.807) is 11.3 Å². The van der Waals surface area contributed by atoms with Crippen molar-refractivity contribution in [2.24, 2.45) is 7.05 Å². The van der Waals surface area contributed by atoms with Crippen molar-refractivity contribution in [1.82, 2.24) is 19.7 Å². The summed E-state index contributed by atoms with van der Waals surface area (Å²) in [5.74, 6) is 1.25. The van der Waals surface area contributed by atoms with Crippen LogP contribution in [0.3, 0.4) is 0 Å². The summed E-state index contributed by atoms with van der Waals surface area (Å²) >= 11 is 3.13. The van der Waals surface area contributed by atoms with Crippen molar-refractivity contribution in [3.63, 3.8) is 0 Å². The Morgan fingerprint density at radius 2 is 1.65 bits per heavy atom. The smallest absolute Gasteiger partial charge is 0.233 e. The molecule has 0 atom stereocenters. The van der Waals surface area contributed by atoms with Gasteiger partial charge in [0.05, 0.1) is 11.8 Å². The molecule has 0 aliphatic heterocycles. The molecule has 5 nitrogen and oxygen atoms in total. The molecule has 0 aliphatic carbocycles. The quantitative estimate of drug-likeness (QED) is 0.363. The van der Waals surface area contributed by atoms with E-state index in [-0.39, 0.29) is 11.9 Å². The van der Waals surface area contributed by atoms with Gasteiger partial charge in [0.2, 0.25) is 5.91 Å². The van der Waals surface area contributed by atoms with E-state index in [0.29, 0.717) is 5.75 Å². The van der Waals surface area contributed by atoms with Gasteiger partial charge in [0.25, 0.3) is 0 Å². The highest BCUT2D eigenvalue weighted by molar-refractivity contribution is 7.99. The van der Waals surface area contributed by atoms with Crippen molar-refractivity contribution < 1.29 is 4.79 Å². The van der Waals surface area contributed by atoms with Crippen molar-refractivity contribution >= 4 is 29.0 Å². The molecule has 31 heavy (non-hydrogen) atoms. The second-order valence-electron chi connectivity index (χ2n) is 7.23. The van der Waals surface area contributed by atoms with Gasteiger partial charge in [-0.15, -0.1) is 21.5 Å². The number of aromatic nitrogens is 3. The standard InChI is InChI=1S/C24H24N4OS2/c1-27-21(16-20-14-9-15-30-20)25-26-24(27)31-17-22(29)28(2)23(18-10-5-3-6-11-18)19-12-7-4-8-13-19/h3-15,23H,16-17H2,1-2H3. The van der Waals surface area contributed by atoms with Gasteiger partial charge in [-0.1, -0.05) is 78.5 Å². The maximum Gasteiger partial charge on any atom is 0.233 e. The van der Waals surface area contributed by atoms with Gasteiger partial charge >= 0.3 is 0 Å². The second-order valence-corrected chi connectivity index (χ2v) is 9.21. The molecule has 0 spiro atoms. The Morgan fingerprint density at radius 3 is 2.23 bits per heavy atom. The van der Waals surface area contributed by atoms with E-state index in [4.69, 9.17) is 0 Å². The molecule has 7 heteroatoms. The lowest BCUT2D eigenvalue weighted by molar-refractivity contribution is -0.128. The van der Waals surface area contributed by atoms with E-state index < -0.39 is 0 Å². The van der Waals surface area contributed by atoms with Crippen LogP contribution in [0, 0.1) is 0 Å². The van der Waals surface area contributed by atoms with Crippen LogP contribution in [0.2, 0.25) is 0 Å². The van der Waals surface area contributed by atoms with Crippen molar-refractivity contribution in [1.29, 1.82) is 0 Å². The predicted octanol–water partition coefficient (Wildman–Crippen LogP) is 4.81. The average molecular weight is 449 g/mol. The predicted molar refractivity (Wildman–Crippen MR) is 126 cm³/mol. The first kappa shape index (κ1) is 21.3. The Hall–Kier alpha value is -2.90. The first-order valence-corrected chi connectivity index (χ1v) is 11.9.